The van der Waals surface area contributed by atoms with Gasteiger partial charge in [-0.05, 0) is 37.0 Å². The van der Waals surface area contributed by atoms with E-state index in [9.17, 15) is 0 Å². The van der Waals surface area contributed by atoms with E-state index in [1.165, 1.54) is 22.3 Å². The highest BCUT2D eigenvalue weighted by molar-refractivity contribution is 5.80. The molecule has 0 nitrogen and oxygen atoms in total. The highest BCUT2D eigenvalue weighted by Gasteiger charge is 2.10. The quantitative estimate of drug-likeness (QED) is 0.604. The van der Waals surface area contributed by atoms with Crippen molar-refractivity contribution >= 4 is 5.57 Å². The molecule has 0 saturated carbocycles. The van der Waals surface area contributed by atoms with Crippen molar-refractivity contribution in [1.29, 1.82) is 0 Å². The molecule has 2 rings (SSSR count). The van der Waals surface area contributed by atoms with Crippen LogP contribution in [0.5, 0.6) is 0 Å². The van der Waals surface area contributed by atoms with Crippen molar-refractivity contribution in [1.82, 2.24) is 0 Å². The highest BCUT2D eigenvalue weighted by Crippen LogP contribution is 2.28. The van der Waals surface area contributed by atoms with Crippen LogP contribution in [-0.2, 0) is 6.42 Å². The van der Waals surface area contributed by atoms with Gasteiger partial charge in [-0.1, -0.05) is 42.0 Å². The molecule has 0 heteroatoms. The zero-order valence-electron chi connectivity index (χ0n) is 8.17. The summed E-state index contributed by atoms with van der Waals surface area (Å²) in [7, 11) is 0. The van der Waals surface area contributed by atoms with Gasteiger partial charge in [0.25, 0.3) is 0 Å². The van der Waals surface area contributed by atoms with Gasteiger partial charge in [0.05, 0.1) is 0 Å². The van der Waals surface area contributed by atoms with Crippen molar-refractivity contribution in [3.05, 3.63) is 53.1 Å². The van der Waals surface area contributed by atoms with Crippen LogP contribution in [0.25, 0.3) is 5.57 Å². The van der Waals surface area contributed by atoms with Gasteiger partial charge in [0.15, 0.2) is 0 Å². The second kappa shape index (κ2) is 3.21. The number of hydrogen-bond donors (Lipinski definition) is 0. The van der Waals surface area contributed by atoms with E-state index in [0.29, 0.717) is 0 Å². The number of benzene rings is 1. The summed E-state index contributed by atoms with van der Waals surface area (Å²) in [5.74, 6) is 0. The van der Waals surface area contributed by atoms with Crippen molar-refractivity contribution in [3.63, 3.8) is 0 Å². The van der Waals surface area contributed by atoms with Gasteiger partial charge < -0.3 is 0 Å². The monoisotopic (exact) mass is 170 g/mol. The average Bonchev–Trinajstić information content (AvgIpc) is 2.48. The normalized spacial score (nSPS) is 13.5. The first-order valence-electron chi connectivity index (χ1n) is 4.71. The smallest absolute Gasteiger partial charge is 0.00821 e. The Kier molecular flexibility index (Phi) is 2.05. The standard InChI is InChI=1S/C13H14/c1-10(2)9-12-8-7-11-5-3-4-6-13(11)12/h3-6,8-9H,7H2,1-2H3. The summed E-state index contributed by atoms with van der Waals surface area (Å²) in [5, 5.41) is 0. The Balaban J connectivity index is 2.42. The van der Waals surface area contributed by atoms with Gasteiger partial charge >= 0.3 is 0 Å². The van der Waals surface area contributed by atoms with Gasteiger partial charge in [-0.25, -0.2) is 0 Å². The lowest BCUT2D eigenvalue weighted by Gasteiger charge is -2.00. The molecule has 1 aliphatic rings. The first kappa shape index (κ1) is 8.31. The minimum Gasteiger partial charge on any atom is -0.0758 e. The Morgan fingerprint density at radius 3 is 2.77 bits per heavy atom. The molecule has 0 aromatic heterocycles. The molecule has 0 heterocycles. The maximum absolute atomic E-state index is 2.30. The predicted octanol–water partition coefficient (Wildman–Crippen LogP) is 3.59. The number of hydrogen-bond acceptors (Lipinski definition) is 0. The lowest BCUT2D eigenvalue weighted by Crippen LogP contribution is -1.81. The molecular weight excluding hydrogens is 156 g/mol. The van der Waals surface area contributed by atoms with E-state index < -0.39 is 0 Å². The predicted molar refractivity (Wildman–Crippen MR) is 57.6 cm³/mol. The first-order chi connectivity index (χ1) is 6.27. The molecule has 1 aliphatic carbocycles. The lowest BCUT2D eigenvalue weighted by atomic mass is 10.0. The summed E-state index contributed by atoms with van der Waals surface area (Å²) in [6, 6.07) is 8.63. The summed E-state index contributed by atoms with van der Waals surface area (Å²) in [6.07, 6.45) is 5.65. The van der Waals surface area contributed by atoms with Crippen LogP contribution >= 0.6 is 0 Å². The highest BCUT2D eigenvalue weighted by atomic mass is 14.1. The third-order valence-electron chi connectivity index (χ3n) is 2.31. The molecule has 0 radical (unpaired) electrons. The largest absolute Gasteiger partial charge is 0.0758 e. The Hall–Kier alpha value is -1.30. The SMILES string of the molecule is CC(C)=CC1=CCc2ccccc21. The Morgan fingerprint density at radius 2 is 2.00 bits per heavy atom. The Morgan fingerprint density at radius 1 is 1.23 bits per heavy atom. The summed E-state index contributed by atoms with van der Waals surface area (Å²) in [5.41, 5.74) is 5.61. The number of allylic oxidation sites excluding steroid dienone is 4. The number of rotatable bonds is 1. The van der Waals surface area contributed by atoms with Crippen molar-refractivity contribution in [2.45, 2.75) is 20.3 Å². The van der Waals surface area contributed by atoms with Crippen LogP contribution in [0, 0.1) is 0 Å². The fourth-order valence-corrected chi connectivity index (χ4v) is 1.76. The average molecular weight is 170 g/mol. The molecule has 0 N–H and O–H groups in total. The van der Waals surface area contributed by atoms with Gasteiger partial charge in [-0.3, -0.25) is 0 Å². The van der Waals surface area contributed by atoms with Crippen molar-refractivity contribution in [2.24, 2.45) is 0 Å². The molecule has 1 aromatic rings. The topological polar surface area (TPSA) is 0 Å². The second-order valence-corrected chi connectivity index (χ2v) is 3.74. The molecule has 0 spiro atoms. The van der Waals surface area contributed by atoms with Gasteiger partial charge in [0.2, 0.25) is 0 Å². The molecule has 1 aromatic carbocycles. The van der Waals surface area contributed by atoms with Crippen LogP contribution in [0.2, 0.25) is 0 Å². The van der Waals surface area contributed by atoms with E-state index >= 15 is 0 Å². The number of fused-ring (bicyclic) bond motifs is 1. The van der Waals surface area contributed by atoms with E-state index in [1.807, 2.05) is 0 Å². The molecule has 0 unspecified atom stereocenters. The van der Waals surface area contributed by atoms with Crippen LogP contribution in [0.15, 0.2) is 42.0 Å². The second-order valence-electron chi connectivity index (χ2n) is 3.74. The van der Waals surface area contributed by atoms with Gasteiger partial charge in [-0.15, -0.1) is 0 Å². The van der Waals surface area contributed by atoms with Gasteiger partial charge in [0.1, 0.15) is 0 Å². The third kappa shape index (κ3) is 1.57. The van der Waals surface area contributed by atoms with Crippen LogP contribution in [0.4, 0.5) is 0 Å². The van der Waals surface area contributed by atoms with Gasteiger partial charge in [0, 0.05) is 0 Å². The van der Waals surface area contributed by atoms with Crippen LogP contribution in [0.3, 0.4) is 0 Å². The third-order valence-corrected chi connectivity index (χ3v) is 2.31. The minimum atomic E-state index is 1.09. The summed E-state index contributed by atoms with van der Waals surface area (Å²) in [4.78, 5) is 0. The maximum atomic E-state index is 2.30. The molecule has 0 fully saturated rings. The van der Waals surface area contributed by atoms with E-state index in [2.05, 4.69) is 50.3 Å². The molecule has 0 aliphatic heterocycles. The van der Waals surface area contributed by atoms with Crippen molar-refractivity contribution in [3.8, 4) is 0 Å². The molecule has 0 saturated heterocycles. The minimum absolute atomic E-state index is 1.09. The molecule has 0 atom stereocenters. The Labute approximate surface area is 79.6 Å². The van der Waals surface area contributed by atoms with E-state index in [0.717, 1.165) is 6.42 Å². The van der Waals surface area contributed by atoms with Crippen LogP contribution < -0.4 is 0 Å². The molecule has 0 amide bonds. The van der Waals surface area contributed by atoms with Crippen molar-refractivity contribution < 1.29 is 0 Å². The van der Waals surface area contributed by atoms with Gasteiger partial charge in [-0.2, -0.15) is 0 Å². The molecule has 66 valence electrons. The van der Waals surface area contributed by atoms with Crippen molar-refractivity contribution in [2.75, 3.05) is 0 Å². The molecule has 0 bridgehead atoms. The molecular formula is C13H14. The fourth-order valence-electron chi connectivity index (χ4n) is 1.76. The van der Waals surface area contributed by atoms with Crippen LogP contribution in [0.1, 0.15) is 25.0 Å². The Bertz CT molecular complexity index is 377. The van der Waals surface area contributed by atoms with E-state index in [4.69, 9.17) is 0 Å². The zero-order chi connectivity index (χ0) is 9.26. The summed E-state index contributed by atoms with van der Waals surface area (Å²) >= 11 is 0. The van der Waals surface area contributed by atoms with Crippen LogP contribution in [-0.4, -0.2) is 0 Å². The zero-order valence-corrected chi connectivity index (χ0v) is 8.17. The van der Waals surface area contributed by atoms with E-state index in [-0.39, 0.29) is 0 Å². The fraction of sp³-hybridized carbons (Fsp3) is 0.231. The first-order valence-corrected chi connectivity index (χ1v) is 4.71. The molecule has 13 heavy (non-hydrogen) atoms. The summed E-state index contributed by atoms with van der Waals surface area (Å²) < 4.78 is 0. The lowest BCUT2D eigenvalue weighted by molar-refractivity contribution is 1.31. The van der Waals surface area contributed by atoms with E-state index in [1.54, 1.807) is 0 Å². The maximum Gasteiger partial charge on any atom is -0.00821 e. The summed E-state index contributed by atoms with van der Waals surface area (Å²) in [6.45, 7) is 4.28.